The van der Waals surface area contributed by atoms with Crippen molar-refractivity contribution in [2.75, 3.05) is 0 Å². The SMILES string of the molecule is CCn1cnnc1CNS(=O)(=O)c1cc([N+](=O)[O-])ccc1Cl. The lowest BCUT2D eigenvalue weighted by Crippen LogP contribution is -2.25. The maximum Gasteiger partial charge on any atom is 0.270 e. The second-order valence-electron chi connectivity index (χ2n) is 4.23. The highest BCUT2D eigenvalue weighted by molar-refractivity contribution is 7.89. The molecule has 0 atom stereocenters. The van der Waals surface area contributed by atoms with Crippen LogP contribution in [0.2, 0.25) is 5.02 Å². The predicted molar refractivity (Wildman–Crippen MR) is 77.8 cm³/mol. The Morgan fingerprint density at radius 3 is 2.82 bits per heavy atom. The fraction of sp³-hybridized carbons (Fsp3) is 0.273. The first-order valence-corrected chi connectivity index (χ1v) is 8.01. The van der Waals surface area contributed by atoms with Crippen LogP contribution in [0.25, 0.3) is 0 Å². The molecule has 0 aliphatic rings. The number of nitrogens with zero attached hydrogens (tertiary/aromatic N) is 4. The fourth-order valence-electron chi connectivity index (χ4n) is 1.73. The summed E-state index contributed by atoms with van der Waals surface area (Å²) in [6, 6.07) is 3.22. The Hall–Kier alpha value is -2.04. The van der Waals surface area contributed by atoms with E-state index in [0.29, 0.717) is 12.4 Å². The third kappa shape index (κ3) is 3.40. The van der Waals surface area contributed by atoms with E-state index in [1.165, 1.54) is 12.4 Å². The van der Waals surface area contributed by atoms with Gasteiger partial charge < -0.3 is 4.57 Å². The largest absolute Gasteiger partial charge is 0.317 e. The molecule has 1 aromatic carbocycles. The van der Waals surface area contributed by atoms with E-state index in [9.17, 15) is 18.5 Å². The first kappa shape index (κ1) is 16.3. The van der Waals surface area contributed by atoms with Gasteiger partial charge in [-0.2, -0.15) is 0 Å². The van der Waals surface area contributed by atoms with E-state index in [1.807, 2.05) is 6.92 Å². The average Bonchev–Trinajstić information content (AvgIpc) is 2.92. The first-order valence-electron chi connectivity index (χ1n) is 6.15. The van der Waals surface area contributed by atoms with Crippen LogP contribution in [0.1, 0.15) is 12.7 Å². The number of nitrogens with one attached hydrogen (secondary N) is 1. The monoisotopic (exact) mass is 345 g/mol. The van der Waals surface area contributed by atoms with Crippen molar-refractivity contribution in [2.24, 2.45) is 0 Å². The van der Waals surface area contributed by atoms with Crippen LogP contribution in [-0.4, -0.2) is 28.1 Å². The molecule has 1 heterocycles. The van der Waals surface area contributed by atoms with Crippen molar-refractivity contribution in [2.45, 2.75) is 24.9 Å². The van der Waals surface area contributed by atoms with Crippen LogP contribution in [0, 0.1) is 10.1 Å². The van der Waals surface area contributed by atoms with Gasteiger partial charge in [0, 0.05) is 18.7 Å². The molecule has 2 aromatic rings. The minimum atomic E-state index is -4.02. The van der Waals surface area contributed by atoms with Crippen LogP contribution in [0.15, 0.2) is 29.4 Å². The minimum absolute atomic E-state index is 0.102. The summed E-state index contributed by atoms with van der Waals surface area (Å²) in [5.41, 5.74) is -0.360. The Bertz CT molecular complexity index is 805. The van der Waals surface area contributed by atoms with Gasteiger partial charge in [0.15, 0.2) is 0 Å². The zero-order valence-electron chi connectivity index (χ0n) is 11.4. The first-order chi connectivity index (χ1) is 10.3. The second kappa shape index (κ2) is 6.38. The van der Waals surface area contributed by atoms with Gasteiger partial charge in [-0.3, -0.25) is 10.1 Å². The lowest BCUT2D eigenvalue weighted by molar-refractivity contribution is -0.385. The standard InChI is InChI=1S/C11H12ClN5O4S/c1-2-16-7-13-15-11(16)6-14-22(20,21)10-5-8(17(18)19)3-4-9(10)12/h3-5,7,14H,2,6H2,1H3. The Balaban J connectivity index is 2.27. The van der Waals surface area contributed by atoms with Crippen LogP contribution in [-0.2, 0) is 23.1 Å². The Morgan fingerprint density at radius 2 is 2.18 bits per heavy atom. The van der Waals surface area contributed by atoms with Gasteiger partial charge in [-0.1, -0.05) is 11.6 Å². The molecule has 1 N–H and O–H groups in total. The lowest BCUT2D eigenvalue weighted by Gasteiger charge is -2.08. The van der Waals surface area contributed by atoms with Gasteiger partial charge in [0.2, 0.25) is 10.0 Å². The van der Waals surface area contributed by atoms with E-state index in [1.54, 1.807) is 4.57 Å². The highest BCUT2D eigenvalue weighted by atomic mass is 35.5. The lowest BCUT2D eigenvalue weighted by atomic mass is 10.3. The Morgan fingerprint density at radius 1 is 1.45 bits per heavy atom. The molecule has 9 nitrogen and oxygen atoms in total. The molecule has 2 rings (SSSR count). The van der Waals surface area contributed by atoms with E-state index < -0.39 is 14.9 Å². The third-order valence-electron chi connectivity index (χ3n) is 2.87. The van der Waals surface area contributed by atoms with Crippen molar-refractivity contribution in [1.29, 1.82) is 0 Å². The molecule has 0 spiro atoms. The number of benzene rings is 1. The number of aryl methyl sites for hydroxylation is 1. The van der Waals surface area contributed by atoms with E-state index in [0.717, 1.165) is 12.1 Å². The van der Waals surface area contributed by atoms with Crippen LogP contribution in [0.3, 0.4) is 0 Å². The van der Waals surface area contributed by atoms with E-state index >= 15 is 0 Å². The van der Waals surface area contributed by atoms with Gasteiger partial charge in [0.1, 0.15) is 17.0 Å². The maximum atomic E-state index is 12.2. The number of rotatable bonds is 6. The molecule has 0 fully saturated rings. The topological polar surface area (TPSA) is 120 Å². The number of nitro benzene ring substituents is 1. The summed E-state index contributed by atoms with van der Waals surface area (Å²) < 4.78 is 28.5. The summed E-state index contributed by atoms with van der Waals surface area (Å²) in [5, 5.41) is 18.1. The number of hydrogen-bond acceptors (Lipinski definition) is 6. The molecule has 22 heavy (non-hydrogen) atoms. The molecule has 0 bridgehead atoms. The third-order valence-corrected chi connectivity index (χ3v) is 4.75. The number of halogens is 1. The van der Waals surface area contributed by atoms with Gasteiger partial charge in [-0.25, -0.2) is 13.1 Å². The molecule has 118 valence electrons. The van der Waals surface area contributed by atoms with Crippen molar-refractivity contribution >= 4 is 27.3 Å². The van der Waals surface area contributed by atoms with Crippen molar-refractivity contribution in [1.82, 2.24) is 19.5 Å². The van der Waals surface area contributed by atoms with Gasteiger partial charge in [-0.05, 0) is 13.0 Å². The fourth-order valence-corrected chi connectivity index (χ4v) is 3.23. The molecule has 0 aliphatic heterocycles. The molecule has 0 amide bonds. The number of sulfonamides is 1. The normalized spacial score (nSPS) is 11.5. The quantitative estimate of drug-likeness (QED) is 0.623. The van der Waals surface area contributed by atoms with Crippen LogP contribution >= 0.6 is 11.6 Å². The average molecular weight is 346 g/mol. The molecule has 0 radical (unpaired) electrons. The Kier molecular flexibility index (Phi) is 4.74. The number of nitro groups is 1. The summed E-state index contributed by atoms with van der Waals surface area (Å²) in [7, 11) is -4.02. The van der Waals surface area contributed by atoms with E-state index in [2.05, 4.69) is 14.9 Å². The minimum Gasteiger partial charge on any atom is -0.317 e. The zero-order chi connectivity index (χ0) is 16.3. The molecule has 0 saturated heterocycles. The number of non-ortho nitro benzene ring substituents is 1. The summed E-state index contributed by atoms with van der Waals surface area (Å²) >= 11 is 5.83. The summed E-state index contributed by atoms with van der Waals surface area (Å²) in [6.45, 7) is 2.34. The molecular weight excluding hydrogens is 334 g/mol. The van der Waals surface area contributed by atoms with Crippen molar-refractivity contribution < 1.29 is 13.3 Å². The molecule has 11 heteroatoms. The van der Waals surface area contributed by atoms with E-state index in [4.69, 9.17) is 11.6 Å². The van der Waals surface area contributed by atoms with E-state index in [-0.39, 0.29) is 22.2 Å². The zero-order valence-corrected chi connectivity index (χ0v) is 13.0. The van der Waals surface area contributed by atoms with Gasteiger partial charge in [-0.15, -0.1) is 10.2 Å². The summed E-state index contributed by atoms with van der Waals surface area (Å²) in [4.78, 5) is 9.70. The van der Waals surface area contributed by atoms with Crippen molar-refractivity contribution in [3.63, 3.8) is 0 Å². The van der Waals surface area contributed by atoms with Crippen LogP contribution in [0.4, 0.5) is 5.69 Å². The van der Waals surface area contributed by atoms with Gasteiger partial charge >= 0.3 is 0 Å². The summed E-state index contributed by atoms with van der Waals surface area (Å²) in [5.74, 6) is 0.424. The highest BCUT2D eigenvalue weighted by Gasteiger charge is 2.22. The smallest absolute Gasteiger partial charge is 0.270 e. The molecule has 0 saturated carbocycles. The Labute approximate surface area is 131 Å². The number of aromatic nitrogens is 3. The molecule has 1 aromatic heterocycles. The molecule has 0 aliphatic carbocycles. The summed E-state index contributed by atoms with van der Waals surface area (Å²) in [6.07, 6.45) is 1.48. The van der Waals surface area contributed by atoms with Crippen molar-refractivity contribution in [3.8, 4) is 0 Å². The predicted octanol–water partition coefficient (Wildman–Crippen LogP) is 1.34. The van der Waals surface area contributed by atoms with Crippen molar-refractivity contribution in [3.05, 3.63) is 45.5 Å². The highest BCUT2D eigenvalue weighted by Crippen LogP contribution is 2.26. The molecule has 0 unspecified atom stereocenters. The molecular formula is C11H12ClN5O4S. The van der Waals surface area contributed by atoms with Crippen LogP contribution in [0.5, 0.6) is 0 Å². The van der Waals surface area contributed by atoms with Crippen LogP contribution < -0.4 is 4.72 Å². The van der Waals surface area contributed by atoms with Gasteiger partial charge in [0.25, 0.3) is 5.69 Å². The second-order valence-corrected chi connectivity index (χ2v) is 6.37. The number of hydrogen-bond donors (Lipinski definition) is 1. The van der Waals surface area contributed by atoms with Gasteiger partial charge in [0.05, 0.1) is 16.5 Å². The maximum absolute atomic E-state index is 12.2.